The molecule has 2 unspecified atom stereocenters. The molecule has 194 valence electrons. The van der Waals surface area contributed by atoms with E-state index in [2.05, 4.69) is 38.6 Å². The molecule has 0 radical (unpaired) electrons. The largest absolute Gasteiger partial charge is 0.306 e. The highest BCUT2D eigenvalue weighted by Gasteiger charge is 2.23. The highest BCUT2D eigenvalue weighted by molar-refractivity contribution is 6.35. The van der Waals surface area contributed by atoms with Crippen molar-refractivity contribution in [3.63, 3.8) is 0 Å². The molecule has 1 fully saturated rings. The summed E-state index contributed by atoms with van der Waals surface area (Å²) in [6.07, 6.45) is 9.81. The number of benzene rings is 2. The summed E-state index contributed by atoms with van der Waals surface area (Å²) in [5.74, 6) is 4.61. The first-order valence-electron chi connectivity index (χ1n) is 12.3. The zero-order valence-corrected chi connectivity index (χ0v) is 24.6. The highest BCUT2D eigenvalue weighted by Crippen LogP contribution is 2.24. The topological polar surface area (TPSA) is 20.3 Å². The Balaban J connectivity index is 0.000000453. The quantitative estimate of drug-likeness (QED) is 0.286. The van der Waals surface area contributed by atoms with Gasteiger partial charge in [0.05, 0.1) is 5.02 Å². The molecule has 3 rings (SSSR count). The Hall–Kier alpha value is -1.50. The maximum absolute atomic E-state index is 9.50. The van der Waals surface area contributed by atoms with Crippen LogP contribution in [0.3, 0.4) is 0 Å². The molecular weight excluding hydrogens is 497 g/mol. The molecule has 2 aromatic carbocycles. The molecule has 1 aliphatic rings. The average molecular weight is 539 g/mol. The second kappa shape index (κ2) is 18.7. The minimum atomic E-state index is 0.204. The van der Waals surface area contributed by atoms with Gasteiger partial charge in [0.2, 0.25) is 0 Å². The van der Waals surface area contributed by atoms with E-state index in [-0.39, 0.29) is 5.92 Å². The number of carbonyl (C=O) groups excluding carboxylic acids is 1. The molecule has 2 aromatic rings. The summed E-state index contributed by atoms with van der Waals surface area (Å²) in [5, 5.41) is 2.11. The molecule has 2 atom stereocenters. The predicted octanol–water partition coefficient (Wildman–Crippen LogP) is 9.01. The zero-order valence-electron chi connectivity index (χ0n) is 22.4. The summed E-state index contributed by atoms with van der Waals surface area (Å²) in [6, 6.07) is 11.2. The van der Waals surface area contributed by atoms with Crippen molar-refractivity contribution in [2.45, 2.75) is 60.8 Å². The number of rotatable bonds is 4. The van der Waals surface area contributed by atoms with Crippen LogP contribution in [-0.2, 0) is 11.2 Å². The molecule has 1 heterocycles. The van der Waals surface area contributed by atoms with Crippen molar-refractivity contribution in [1.82, 2.24) is 4.90 Å². The number of aldehydes is 1. The van der Waals surface area contributed by atoms with E-state index in [1.54, 1.807) is 6.07 Å². The Kier molecular flexibility index (Phi) is 17.9. The molecule has 1 aliphatic heterocycles. The predicted molar refractivity (Wildman–Crippen MR) is 156 cm³/mol. The fraction of sp³-hybridized carbons (Fsp3) is 0.500. The molecular formula is C30H42Cl3NO. The summed E-state index contributed by atoms with van der Waals surface area (Å²) >= 11 is 17.3. The molecule has 5 heteroatoms. The van der Waals surface area contributed by atoms with Crippen LogP contribution in [0.15, 0.2) is 36.4 Å². The average Bonchev–Trinajstić information content (AvgIpc) is 3.26. The van der Waals surface area contributed by atoms with Crippen molar-refractivity contribution in [1.29, 1.82) is 0 Å². The molecule has 0 aromatic heterocycles. The van der Waals surface area contributed by atoms with Gasteiger partial charge in [0.1, 0.15) is 6.29 Å². The number of hydrogen-bond donors (Lipinski definition) is 0. The van der Waals surface area contributed by atoms with Gasteiger partial charge >= 0.3 is 0 Å². The minimum absolute atomic E-state index is 0.204. The Morgan fingerprint density at radius 2 is 1.71 bits per heavy atom. The number of nitrogens with zero attached hydrogens (tertiary/aromatic N) is 1. The van der Waals surface area contributed by atoms with Crippen LogP contribution in [0.5, 0.6) is 0 Å². The van der Waals surface area contributed by atoms with Crippen LogP contribution in [-0.4, -0.2) is 31.3 Å². The van der Waals surface area contributed by atoms with Gasteiger partial charge in [-0.1, -0.05) is 93.9 Å². The molecule has 0 N–H and O–H groups in total. The maximum Gasteiger partial charge on any atom is 0.122 e. The standard InChI is InChI=1S/C9H7Cl.C9H19N.C8H8Cl2.C4H8O/c1-3-8-5-4-7(2)6-9(8)10;1-4-8(2)9-5-6-10(3)7-9;1-2-6-3-4-7(9)5-8(6)10;1-4(2)3-5/h1,4-6H,2H3;8-9H,4-7H2,1-3H3;3-5H,2H2,1H3;3-4H,1-2H3. The van der Waals surface area contributed by atoms with Crippen molar-refractivity contribution in [2.75, 3.05) is 20.1 Å². The highest BCUT2D eigenvalue weighted by atomic mass is 35.5. The van der Waals surface area contributed by atoms with Gasteiger partial charge in [-0.25, -0.2) is 0 Å². The van der Waals surface area contributed by atoms with Gasteiger partial charge < -0.3 is 9.69 Å². The third kappa shape index (κ3) is 14.6. The Morgan fingerprint density at radius 3 is 2.11 bits per heavy atom. The fourth-order valence-corrected chi connectivity index (χ4v) is 4.14. The second-order valence-electron chi connectivity index (χ2n) is 9.29. The lowest BCUT2D eigenvalue weighted by Crippen LogP contribution is -2.17. The van der Waals surface area contributed by atoms with Crippen molar-refractivity contribution >= 4 is 41.1 Å². The number of aryl methyl sites for hydroxylation is 2. The first-order chi connectivity index (χ1) is 16.5. The van der Waals surface area contributed by atoms with E-state index in [9.17, 15) is 4.79 Å². The SMILES string of the molecule is C#Cc1ccc(C)cc1Cl.CC(C)C=O.CCC(C)C1CCN(C)C1.CCc1ccc(Cl)cc1Cl. The normalized spacial score (nSPS) is 15.4. The van der Waals surface area contributed by atoms with E-state index in [1.807, 2.05) is 51.1 Å². The molecule has 2 nitrogen and oxygen atoms in total. The van der Waals surface area contributed by atoms with Gasteiger partial charge in [0.15, 0.2) is 0 Å². The summed E-state index contributed by atoms with van der Waals surface area (Å²) in [5.41, 5.74) is 3.03. The van der Waals surface area contributed by atoms with E-state index < -0.39 is 0 Å². The lowest BCUT2D eigenvalue weighted by Gasteiger charge is -2.16. The van der Waals surface area contributed by atoms with E-state index >= 15 is 0 Å². The van der Waals surface area contributed by atoms with E-state index in [1.165, 1.54) is 25.9 Å². The summed E-state index contributed by atoms with van der Waals surface area (Å²) in [7, 11) is 2.22. The Morgan fingerprint density at radius 1 is 1.09 bits per heavy atom. The molecule has 0 bridgehead atoms. The third-order valence-electron chi connectivity index (χ3n) is 5.82. The van der Waals surface area contributed by atoms with Gasteiger partial charge in [-0.15, -0.1) is 6.42 Å². The smallest absolute Gasteiger partial charge is 0.122 e. The number of hydrogen-bond acceptors (Lipinski definition) is 2. The van der Waals surface area contributed by atoms with Crippen LogP contribution < -0.4 is 0 Å². The molecule has 0 amide bonds. The number of terminal acetylenes is 1. The van der Waals surface area contributed by atoms with Crippen molar-refractivity contribution in [2.24, 2.45) is 17.8 Å². The fourth-order valence-electron chi connectivity index (χ4n) is 3.31. The molecule has 0 spiro atoms. The summed E-state index contributed by atoms with van der Waals surface area (Å²) < 4.78 is 0. The zero-order chi connectivity index (χ0) is 27.0. The lowest BCUT2D eigenvalue weighted by molar-refractivity contribution is -0.110. The lowest BCUT2D eigenvalue weighted by atomic mass is 9.91. The van der Waals surface area contributed by atoms with Crippen LogP contribution in [0, 0.1) is 37.0 Å². The summed E-state index contributed by atoms with van der Waals surface area (Å²) in [6.45, 7) is 15.1. The first kappa shape index (κ1) is 33.5. The van der Waals surface area contributed by atoms with Crippen LogP contribution in [0.25, 0.3) is 0 Å². The molecule has 0 aliphatic carbocycles. The van der Waals surface area contributed by atoms with Crippen LogP contribution >= 0.6 is 34.8 Å². The Labute approximate surface area is 229 Å². The van der Waals surface area contributed by atoms with E-state index in [0.29, 0.717) is 10.0 Å². The maximum atomic E-state index is 9.50. The number of likely N-dealkylation sites (tertiary alicyclic amines) is 1. The number of halogens is 3. The third-order valence-corrected chi connectivity index (χ3v) is 6.72. The van der Waals surface area contributed by atoms with Gasteiger partial charge in [-0.2, -0.15) is 0 Å². The van der Waals surface area contributed by atoms with Crippen LogP contribution in [0.1, 0.15) is 64.2 Å². The Bertz CT molecular complexity index is 920. The van der Waals surface area contributed by atoms with E-state index in [4.69, 9.17) is 41.2 Å². The van der Waals surface area contributed by atoms with Crippen LogP contribution in [0.2, 0.25) is 15.1 Å². The molecule has 35 heavy (non-hydrogen) atoms. The number of carbonyl (C=O) groups is 1. The first-order valence-corrected chi connectivity index (χ1v) is 13.4. The van der Waals surface area contributed by atoms with Gasteiger partial charge in [0.25, 0.3) is 0 Å². The van der Waals surface area contributed by atoms with Gasteiger partial charge in [-0.05, 0) is 80.6 Å². The summed E-state index contributed by atoms with van der Waals surface area (Å²) in [4.78, 5) is 11.9. The van der Waals surface area contributed by atoms with Crippen molar-refractivity contribution in [3.8, 4) is 12.3 Å². The monoisotopic (exact) mass is 537 g/mol. The van der Waals surface area contributed by atoms with Gasteiger partial charge in [-0.3, -0.25) is 0 Å². The molecule has 0 saturated carbocycles. The minimum Gasteiger partial charge on any atom is -0.306 e. The second-order valence-corrected chi connectivity index (χ2v) is 10.5. The van der Waals surface area contributed by atoms with E-state index in [0.717, 1.165) is 46.3 Å². The van der Waals surface area contributed by atoms with Gasteiger partial charge in [0, 0.05) is 28.1 Å². The molecule has 1 saturated heterocycles. The van der Waals surface area contributed by atoms with Crippen molar-refractivity contribution in [3.05, 3.63) is 68.2 Å². The van der Waals surface area contributed by atoms with Crippen molar-refractivity contribution < 1.29 is 4.79 Å². The van der Waals surface area contributed by atoms with Crippen LogP contribution in [0.4, 0.5) is 0 Å².